The third-order valence-corrected chi connectivity index (χ3v) is 19.9. The molecule has 0 spiro atoms. The molecule has 0 amide bonds. The van der Waals surface area contributed by atoms with Crippen molar-refractivity contribution in [3.63, 3.8) is 0 Å². The Labute approximate surface area is 566 Å². The Hall–Kier alpha value is -10.9. The van der Waals surface area contributed by atoms with Gasteiger partial charge in [-0.15, -0.1) is 0 Å². The van der Waals surface area contributed by atoms with Gasteiger partial charge in [-0.1, -0.05) is 259 Å². The summed E-state index contributed by atoms with van der Waals surface area (Å²) in [5.41, 5.74) is 16.3. The number of aryl methyl sites for hydroxylation is 12. The normalized spacial score (nSPS) is 11.1. The molecule has 0 saturated heterocycles. The van der Waals surface area contributed by atoms with Gasteiger partial charge in [-0.2, -0.15) is 0 Å². The molecule has 0 aliphatic rings. The van der Waals surface area contributed by atoms with Crippen LogP contribution in [0.1, 0.15) is 66.8 Å². The largest absolute Gasteiger partial charge is 0.0616 e. The Kier molecular flexibility index (Phi) is 18.3. The van der Waals surface area contributed by atoms with Crippen LogP contribution in [0.2, 0.25) is 0 Å². The molecule has 18 aromatic rings. The van der Waals surface area contributed by atoms with E-state index in [9.17, 15) is 0 Å². The van der Waals surface area contributed by atoms with Gasteiger partial charge in [0, 0.05) is 0 Å². The predicted octanol–water partition coefficient (Wildman–Crippen LogP) is 27.7. The minimum absolute atomic E-state index is 1.32. The van der Waals surface area contributed by atoms with E-state index in [1.807, 2.05) is 0 Å². The van der Waals surface area contributed by atoms with Crippen molar-refractivity contribution in [2.24, 2.45) is 0 Å². The number of hydrogen-bond donors (Lipinski definition) is 0. The fourth-order valence-electron chi connectivity index (χ4n) is 14.4. The monoisotopic (exact) mass is 1240 g/mol. The molecule has 0 fully saturated rings. The minimum atomic E-state index is 1.32. The molecule has 0 bridgehead atoms. The van der Waals surface area contributed by atoms with Crippen molar-refractivity contribution in [3.05, 3.63) is 358 Å². The van der Waals surface area contributed by atoms with Crippen LogP contribution in [-0.2, 0) is 0 Å². The lowest BCUT2D eigenvalue weighted by atomic mass is 9.93. The van der Waals surface area contributed by atoms with Gasteiger partial charge in [0.25, 0.3) is 0 Å². The summed E-state index contributed by atoms with van der Waals surface area (Å²) < 4.78 is 0. The number of fused-ring (bicyclic) bond motifs is 12. The highest BCUT2D eigenvalue weighted by Gasteiger charge is 2.10. The number of rotatable bonds is 0. The van der Waals surface area contributed by atoms with E-state index in [1.54, 1.807) is 0 Å². The van der Waals surface area contributed by atoms with Crippen molar-refractivity contribution in [1.29, 1.82) is 0 Å². The van der Waals surface area contributed by atoms with Crippen molar-refractivity contribution in [1.82, 2.24) is 0 Å². The first kappa shape index (κ1) is 63.8. The molecule has 18 aromatic carbocycles. The van der Waals surface area contributed by atoms with Crippen LogP contribution in [0, 0.1) is 83.1 Å². The first-order chi connectivity index (χ1) is 46.5. The molecule has 0 saturated carbocycles. The Morgan fingerprint density at radius 3 is 0.823 bits per heavy atom. The van der Waals surface area contributed by atoms with E-state index in [1.165, 1.54) is 196 Å². The van der Waals surface area contributed by atoms with Gasteiger partial charge in [0.15, 0.2) is 0 Å². The molecule has 0 nitrogen and oxygen atoms in total. The highest BCUT2D eigenvalue weighted by Crippen LogP contribution is 2.35. The molecule has 0 aliphatic carbocycles. The van der Waals surface area contributed by atoms with Crippen LogP contribution in [-0.4, -0.2) is 0 Å². The quantitative estimate of drug-likeness (QED) is 0.133. The molecule has 0 heterocycles. The fourth-order valence-corrected chi connectivity index (χ4v) is 14.4. The lowest BCUT2D eigenvalue weighted by Crippen LogP contribution is -1.87. The zero-order valence-corrected chi connectivity index (χ0v) is 57.7. The van der Waals surface area contributed by atoms with E-state index < -0.39 is 0 Å². The van der Waals surface area contributed by atoms with Crippen LogP contribution in [0.5, 0.6) is 0 Å². The van der Waals surface area contributed by atoms with Crippen molar-refractivity contribution >= 4 is 129 Å². The highest BCUT2D eigenvalue weighted by molar-refractivity contribution is 6.08. The molecular weight excluding hydrogens is 1150 g/mol. The molecule has 0 N–H and O–H groups in total. The first-order valence-electron chi connectivity index (χ1n) is 33.9. The molecule has 0 atom stereocenters. The van der Waals surface area contributed by atoms with Crippen LogP contribution in [0.4, 0.5) is 0 Å². The maximum atomic E-state index is 2.30. The third-order valence-electron chi connectivity index (χ3n) is 19.9. The minimum Gasteiger partial charge on any atom is -0.0616 e. The summed E-state index contributed by atoms with van der Waals surface area (Å²) in [4.78, 5) is 0. The molecular formula is C96H84. The van der Waals surface area contributed by atoms with Crippen LogP contribution in [0.15, 0.2) is 291 Å². The SMILES string of the molecule is Cc1c2ccccc2c(C)c2ccccc12.Cc1ccc(C)c2cc3ccccc3cc12.Cc1ccc2c(C)c3ccccc3cc2c1.Cc1ccc2cc3cc(C)ccc3cc2c1.Cc1cccc2c(C)c3ccccc3cc12.Cc1cccc2cc3c(C)cccc3cc12. The Morgan fingerprint density at radius 2 is 0.365 bits per heavy atom. The van der Waals surface area contributed by atoms with E-state index in [4.69, 9.17) is 0 Å². The van der Waals surface area contributed by atoms with Gasteiger partial charge in [-0.05, 0) is 311 Å². The van der Waals surface area contributed by atoms with Gasteiger partial charge in [0.05, 0.1) is 0 Å². The first-order valence-corrected chi connectivity index (χ1v) is 33.9. The van der Waals surface area contributed by atoms with Gasteiger partial charge in [-0.25, -0.2) is 0 Å². The smallest absolute Gasteiger partial charge is 0.0146 e. The summed E-state index contributed by atoms with van der Waals surface area (Å²) in [5, 5.41) is 32.4. The van der Waals surface area contributed by atoms with Gasteiger partial charge in [0.2, 0.25) is 0 Å². The van der Waals surface area contributed by atoms with Gasteiger partial charge in [0.1, 0.15) is 0 Å². The zero-order valence-electron chi connectivity index (χ0n) is 57.7. The molecule has 468 valence electrons. The fraction of sp³-hybridized carbons (Fsp3) is 0.125. The summed E-state index contributed by atoms with van der Waals surface area (Å²) in [6, 6.07) is 105. The van der Waals surface area contributed by atoms with E-state index in [2.05, 4.69) is 374 Å². The van der Waals surface area contributed by atoms with Crippen LogP contribution >= 0.6 is 0 Å². The standard InChI is InChI=1S/6C16H14/c1-11-3-5-13-10-16-8-12(2)4-6-14(16)9-15(13)7-11;1-11-5-3-7-13-10-16-12(2)6-4-8-14(16)9-15(11)13;1-11-13-7-3-5-9-15(13)12(2)16-10-6-4-8-14(11)16;1-11-6-5-9-15-12(2)14-8-4-3-7-13(14)10-16(11)15;1-11-7-8-12(2)16-10-14-6-4-3-5-13(14)9-15(11)16;1-11-7-8-16-12(2)15-6-4-3-5-13(15)10-14(16)9-11/h6*3-10H,1-2H3. The maximum Gasteiger partial charge on any atom is -0.0146 e. The summed E-state index contributed by atoms with van der Waals surface area (Å²) in [6.07, 6.45) is 0. The second-order valence-corrected chi connectivity index (χ2v) is 26.6. The number of benzene rings is 18. The van der Waals surface area contributed by atoms with E-state index in [0.717, 1.165) is 0 Å². The average molecular weight is 1240 g/mol. The van der Waals surface area contributed by atoms with E-state index in [0.29, 0.717) is 0 Å². The maximum absolute atomic E-state index is 2.30. The third kappa shape index (κ3) is 13.2. The van der Waals surface area contributed by atoms with E-state index >= 15 is 0 Å². The molecule has 0 aliphatic heterocycles. The molecule has 18 rings (SSSR count). The van der Waals surface area contributed by atoms with Crippen LogP contribution < -0.4 is 0 Å². The highest BCUT2D eigenvalue weighted by atomic mass is 14.1. The second-order valence-electron chi connectivity index (χ2n) is 26.6. The second kappa shape index (κ2) is 27.6. The Balaban J connectivity index is 0.000000104. The van der Waals surface area contributed by atoms with Gasteiger partial charge < -0.3 is 0 Å². The molecule has 0 heteroatoms. The average Bonchev–Trinajstić information content (AvgIpc) is 0.789. The Morgan fingerprint density at radius 1 is 0.125 bits per heavy atom. The van der Waals surface area contributed by atoms with Crippen molar-refractivity contribution in [2.45, 2.75) is 83.1 Å². The van der Waals surface area contributed by atoms with Crippen LogP contribution in [0.25, 0.3) is 129 Å². The molecule has 0 aromatic heterocycles. The molecule has 96 heavy (non-hydrogen) atoms. The van der Waals surface area contributed by atoms with Crippen molar-refractivity contribution in [2.75, 3.05) is 0 Å². The van der Waals surface area contributed by atoms with Crippen molar-refractivity contribution in [3.8, 4) is 0 Å². The summed E-state index contributed by atoms with van der Waals surface area (Å²) >= 11 is 0. The predicted molar refractivity (Wildman–Crippen MR) is 426 cm³/mol. The zero-order chi connectivity index (χ0) is 66.7. The lowest BCUT2D eigenvalue weighted by molar-refractivity contribution is 1.47. The molecule has 0 unspecified atom stereocenters. The Bertz CT molecular complexity index is 5590. The number of hydrogen-bond acceptors (Lipinski definition) is 0. The summed E-state index contributed by atoms with van der Waals surface area (Å²) in [6.45, 7) is 26.1. The lowest BCUT2D eigenvalue weighted by Gasteiger charge is -2.11. The van der Waals surface area contributed by atoms with Crippen LogP contribution in [0.3, 0.4) is 0 Å². The summed E-state index contributed by atoms with van der Waals surface area (Å²) in [5.74, 6) is 0. The van der Waals surface area contributed by atoms with Gasteiger partial charge in [-0.3, -0.25) is 0 Å². The topological polar surface area (TPSA) is 0 Å². The van der Waals surface area contributed by atoms with E-state index in [-0.39, 0.29) is 0 Å². The van der Waals surface area contributed by atoms with Gasteiger partial charge >= 0.3 is 0 Å². The van der Waals surface area contributed by atoms with Crippen molar-refractivity contribution < 1.29 is 0 Å². The molecule has 0 radical (unpaired) electrons. The summed E-state index contributed by atoms with van der Waals surface area (Å²) in [7, 11) is 0.